The number of hydrogen-bond acceptors (Lipinski definition) is 7. The maximum atomic E-state index is 13.0. The van der Waals surface area contributed by atoms with E-state index in [4.69, 9.17) is 0 Å². The number of alkyl carbamates (subject to hydrolysis) is 1. The molecule has 12 heteroatoms. The SMILES string of the molecule is COC(=O)N=C(NC(=O)OC)Nc1ccc(NC(=O)C2CCCC2C(=O)O)c(Sc2ccccc2)c1. The Labute approximate surface area is 211 Å². The fourth-order valence-corrected chi connectivity index (χ4v) is 4.67. The number of aliphatic carboxylic acids is 1. The first-order valence-corrected chi connectivity index (χ1v) is 11.8. The number of carboxylic acid groups (broad SMARTS) is 1. The standard InChI is InChI=1S/C24H26N4O7S/c1-34-23(32)27-22(28-24(33)35-2)25-14-11-12-18(19(13-14)36-15-7-4-3-5-8-15)26-20(29)16-9-6-10-17(16)21(30)31/h3-5,7-8,11-13,16-17H,6,9-10H2,1-2H3,(H,26,29)(H,30,31)(H2,25,27,28,32,33). The second-order valence-electron chi connectivity index (χ2n) is 7.77. The molecule has 11 nitrogen and oxygen atoms in total. The molecule has 4 N–H and O–H groups in total. The minimum atomic E-state index is -0.971. The van der Waals surface area contributed by atoms with Gasteiger partial charge in [0.25, 0.3) is 0 Å². The summed E-state index contributed by atoms with van der Waals surface area (Å²) < 4.78 is 9.08. The highest BCUT2D eigenvalue weighted by molar-refractivity contribution is 7.99. The number of anilines is 2. The highest BCUT2D eigenvalue weighted by Gasteiger charge is 2.37. The molecule has 36 heavy (non-hydrogen) atoms. The van der Waals surface area contributed by atoms with Gasteiger partial charge in [-0.3, -0.25) is 14.9 Å². The largest absolute Gasteiger partial charge is 0.481 e. The Morgan fingerprint density at radius 1 is 0.972 bits per heavy atom. The maximum Gasteiger partial charge on any atom is 0.436 e. The van der Waals surface area contributed by atoms with Crippen molar-refractivity contribution in [1.82, 2.24) is 5.32 Å². The van der Waals surface area contributed by atoms with Gasteiger partial charge in [0.2, 0.25) is 11.9 Å². The number of amides is 3. The van der Waals surface area contributed by atoms with Crippen LogP contribution in [0, 0.1) is 11.8 Å². The molecule has 0 heterocycles. The van der Waals surface area contributed by atoms with Crippen LogP contribution in [-0.4, -0.2) is 49.3 Å². The van der Waals surface area contributed by atoms with E-state index in [1.165, 1.54) is 11.8 Å². The summed E-state index contributed by atoms with van der Waals surface area (Å²) in [5, 5.41) is 17.4. The third-order valence-corrected chi connectivity index (χ3v) is 6.49. The molecule has 2 unspecified atom stereocenters. The molecular weight excluding hydrogens is 488 g/mol. The number of aliphatic imine (C=N–C) groups is 1. The Kier molecular flexibility index (Phi) is 9.28. The molecule has 1 saturated carbocycles. The number of carbonyl (C=O) groups is 4. The van der Waals surface area contributed by atoms with E-state index in [1.54, 1.807) is 18.2 Å². The fraction of sp³-hybridized carbons (Fsp3) is 0.292. The Bertz CT molecular complexity index is 1160. The molecule has 2 aromatic rings. The highest BCUT2D eigenvalue weighted by Crippen LogP contribution is 2.37. The lowest BCUT2D eigenvalue weighted by Crippen LogP contribution is -2.36. The number of nitrogens with one attached hydrogen (secondary N) is 3. The number of ether oxygens (including phenoxy) is 2. The van der Waals surface area contributed by atoms with Gasteiger partial charge in [0.15, 0.2) is 0 Å². The minimum absolute atomic E-state index is 0.226. The van der Waals surface area contributed by atoms with Crippen LogP contribution in [0.25, 0.3) is 0 Å². The molecular formula is C24H26N4O7S. The van der Waals surface area contributed by atoms with Crippen molar-refractivity contribution in [3.05, 3.63) is 48.5 Å². The number of benzene rings is 2. The molecule has 1 fully saturated rings. The van der Waals surface area contributed by atoms with Gasteiger partial charge in [-0.2, -0.15) is 0 Å². The van der Waals surface area contributed by atoms with Crippen molar-refractivity contribution >= 4 is 53.2 Å². The molecule has 3 amide bonds. The van der Waals surface area contributed by atoms with Crippen molar-refractivity contribution in [2.75, 3.05) is 24.9 Å². The first-order chi connectivity index (χ1) is 17.3. The second-order valence-corrected chi connectivity index (χ2v) is 8.88. The highest BCUT2D eigenvalue weighted by atomic mass is 32.2. The molecule has 2 aromatic carbocycles. The van der Waals surface area contributed by atoms with E-state index in [9.17, 15) is 24.3 Å². The topological polar surface area (TPSA) is 155 Å². The van der Waals surface area contributed by atoms with Crippen molar-refractivity contribution in [1.29, 1.82) is 0 Å². The smallest absolute Gasteiger partial charge is 0.436 e. The van der Waals surface area contributed by atoms with E-state index < -0.39 is 30.0 Å². The summed E-state index contributed by atoms with van der Waals surface area (Å²) in [7, 11) is 2.31. The summed E-state index contributed by atoms with van der Waals surface area (Å²) >= 11 is 1.37. The van der Waals surface area contributed by atoms with E-state index in [-0.39, 0.29) is 11.9 Å². The lowest BCUT2D eigenvalue weighted by atomic mass is 9.95. The third kappa shape index (κ3) is 7.22. The van der Waals surface area contributed by atoms with E-state index in [0.29, 0.717) is 35.5 Å². The molecule has 0 radical (unpaired) electrons. The predicted molar refractivity (Wildman–Crippen MR) is 133 cm³/mol. The normalized spacial score (nSPS) is 17.1. The number of rotatable bonds is 6. The van der Waals surface area contributed by atoms with Crippen LogP contribution in [-0.2, 0) is 19.1 Å². The summed E-state index contributed by atoms with van der Waals surface area (Å²) in [4.78, 5) is 53.0. The molecule has 0 aromatic heterocycles. The second kappa shape index (κ2) is 12.6. The van der Waals surface area contributed by atoms with Crippen LogP contribution in [0.3, 0.4) is 0 Å². The lowest BCUT2D eigenvalue weighted by molar-refractivity contribution is -0.145. The van der Waals surface area contributed by atoms with Crippen molar-refractivity contribution in [2.24, 2.45) is 16.8 Å². The van der Waals surface area contributed by atoms with E-state index in [0.717, 1.165) is 19.1 Å². The zero-order valence-corrected chi connectivity index (χ0v) is 20.5. The number of guanidine groups is 1. The van der Waals surface area contributed by atoms with Crippen LogP contribution >= 0.6 is 11.8 Å². The van der Waals surface area contributed by atoms with Gasteiger partial charge in [0.1, 0.15) is 0 Å². The summed E-state index contributed by atoms with van der Waals surface area (Å²) in [5.41, 5.74) is 0.928. The average molecular weight is 515 g/mol. The van der Waals surface area contributed by atoms with Crippen molar-refractivity contribution in [3.63, 3.8) is 0 Å². The number of nitrogens with zero attached hydrogens (tertiary/aromatic N) is 1. The molecule has 1 aliphatic carbocycles. The van der Waals surface area contributed by atoms with Gasteiger partial charge in [-0.15, -0.1) is 4.99 Å². The summed E-state index contributed by atoms with van der Waals surface area (Å²) in [6.45, 7) is 0. The number of methoxy groups -OCH3 is 2. The van der Waals surface area contributed by atoms with Gasteiger partial charge in [0.05, 0.1) is 31.7 Å². The van der Waals surface area contributed by atoms with Gasteiger partial charge in [-0.25, -0.2) is 9.59 Å². The van der Waals surface area contributed by atoms with Gasteiger partial charge < -0.3 is 25.2 Å². The fourth-order valence-electron chi connectivity index (χ4n) is 3.71. The van der Waals surface area contributed by atoms with Crippen LogP contribution in [0.2, 0.25) is 0 Å². The first kappa shape index (κ1) is 26.5. The Morgan fingerprint density at radius 3 is 2.36 bits per heavy atom. The summed E-state index contributed by atoms with van der Waals surface area (Å²) in [5.74, 6) is -2.87. The van der Waals surface area contributed by atoms with Crippen LogP contribution < -0.4 is 16.0 Å². The van der Waals surface area contributed by atoms with Crippen LogP contribution in [0.1, 0.15) is 19.3 Å². The van der Waals surface area contributed by atoms with Gasteiger partial charge in [-0.05, 0) is 43.2 Å². The van der Waals surface area contributed by atoms with Gasteiger partial charge in [0, 0.05) is 15.5 Å². The average Bonchev–Trinajstić information content (AvgIpc) is 3.36. The Balaban J connectivity index is 1.90. The number of hydrogen-bond donors (Lipinski definition) is 4. The number of carbonyl (C=O) groups excluding carboxylic acids is 3. The van der Waals surface area contributed by atoms with Crippen molar-refractivity contribution in [2.45, 2.75) is 29.1 Å². The molecule has 2 atom stereocenters. The van der Waals surface area contributed by atoms with E-state index in [1.807, 2.05) is 30.3 Å². The van der Waals surface area contributed by atoms with Crippen molar-refractivity contribution in [3.8, 4) is 0 Å². The summed E-state index contributed by atoms with van der Waals surface area (Å²) in [6.07, 6.45) is -0.134. The maximum absolute atomic E-state index is 13.0. The zero-order chi connectivity index (χ0) is 26.1. The van der Waals surface area contributed by atoms with Crippen LogP contribution in [0.4, 0.5) is 21.0 Å². The molecule has 1 aliphatic rings. The molecule has 0 spiro atoms. The number of carboxylic acids is 1. The summed E-state index contributed by atoms with van der Waals surface area (Å²) in [6, 6.07) is 14.4. The van der Waals surface area contributed by atoms with E-state index in [2.05, 4.69) is 30.4 Å². The Morgan fingerprint density at radius 2 is 1.69 bits per heavy atom. The first-order valence-electron chi connectivity index (χ1n) is 11.0. The predicted octanol–water partition coefficient (Wildman–Crippen LogP) is 4.17. The molecule has 0 aliphatic heterocycles. The molecule has 0 bridgehead atoms. The Hall–Kier alpha value is -4.06. The van der Waals surface area contributed by atoms with Crippen LogP contribution in [0.15, 0.2) is 63.3 Å². The van der Waals surface area contributed by atoms with Crippen LogP contribution in [0.5, 0.6) is 0 Å². The lowest BCUT2D eigenvalue weighted by Gasteiger charge is -2.18. The monoisotopic (exact) mass is 514 g/mol. The van der Waals surface area contributed by atoms with Gasteiger partial charge in [-0.1, -0.05) is 36.4 Å². The molecule has 190 valence electrons. The minimum Gasteiger partial charge on any atom is -0.481 e. The molecule has 0 saturated heterocycles. The van der Waals surface area contributed by atoms with E-state index >= 15 is 0 Å². The van der Waals surface area contributed by atoms with Gasteiger partial charge >= 0.3 is 18.2 Å². The molecule has 3 rings (SSSR count). The zero-order valence-electron chi connectivity index (χ0n) is 19.6. The third-order valence-electron chi connectivity index (χ3n) is 5.43. The van der Waals surface area contributed by atoms with Crippen molar-refractivity contribution < 1.29 is 33.8 Å². The quantitative estimate of drug-likeness (QED) is 0.328.